The second-order valence-corrected chi connectivity index (χ2v) is 7.32. The lowest BCUT2D eigenvalue weighted by atomic mass is 9.91. The lowest BCUT2D eigenvalue weighted by Gasteiger charge is -2.36. The average molecular weight is 354 g/mol. The number of nitrogens with one attached hydrogen (secondary N) is 1. The van der Waals surface area contributed by atoms with Crippen LogP contribution in [0, 0.1) is 17.8 Å². The van der Waals surface area contributed by atoms with Gasteiger partial charge in [0, 0.05) is 31.2 Å². The van der Waals surface area contributed by atoms with Crippen molar-refractivity contribution in [1.29, 1.82) is 0 Å². The molecule has 1 aliphatic heterocycles. The minimum Gasteiger partial charge on any atom is -0.406 e. The van der Waals surface area contributed by atoms with Crippen LogP contribution in [-0.2, 0) is 0 Å². The highest BCUT2D eigenvalue weighted by Gasteiger charge is 2.56. The Kier molecular flexibility index (Phi) is 4.14. The van der Waals surface area contributed by atoms with Crippen molar-refractivity contribution in [3.05, 3.63) is 29.8 Å². The third-order valence-electron chi connectivity index (χ3n) is 5.82. The zero-order chi connectivity index (χ0) is 17.6. The molecule has 1 saturated heterocycles. The van der Waals surface area contributed by atoms with Crippen LogP contribution in [0.15, 0.2) is 24.3 Å². The number of hydrogen-bond acceptors (Lipinski definition) is 3. The molecule has 136 valence electrons. The summed E-state index contributed by atoms with van der Waals surface area (Å²) in [5.74, 6) is 1.12. The van der Waals surface area contributed by atoms with Gasteiger partial charge in [0.15, 0.2) is 0 Å². The lowest BCUT2D eigenvalue weighted by molar-refractivity contribution is -0.274. The molecule has 1 amide bonds. The maximum absolute atomic E-state index is 12.3. The first-order valence-corrected chi connectivity index (χ1v) is 8.79. The van der Waals surface area contributed by atoms with Crippen molar-refractivity contribution >= 4 is 5.91 Å². The second kappa shape index (κ2) is 6.20. The SMILES string of the molecule is O=C(NCC1C2CN(C3CCC3)CC12)c1cccc(OC(F)(F)F)c1. The van der Waals surface area contributed by atoms with Crippen LogP contribution in [0.25, 0.3) is 0 Å². The van der Waals surface area contributed by atoms with Crippen LogP contribution in [0.1, 0.15) is 29.6 Å². The summed E-state index contributed by atoms with van der Waals surface area (Å²) in [6.45, 7) is 2.85. The Morgan fingerprint density at radius 2 is 1.96 bits per heavy atom. The number of halogens is 3. The summed E-state index contributed by atoms with van der Waals surface area (Å²) in [5, 5.41) is 2.86. The molecule has 3 aliphatic rings. The number of amides is 1. The van der Waals surface area contributed by atoms with Gasteiger partial charge >= 0.3 is 6.36 Å². The van der Waals surface area contributed by atoms with E-state index in [0.717, 1.165) is 25.2 Å². The number of likely N-dealkylation sites (tertiary alicyclic amines) is 1. The highest BCUT2D eigenvalue weighted by atomic mass is 19.4. The van der Waals surface area contributed by atoms with E-state index in [9.17, 15) is 18.0 Å². The summed E-state index contributed by atoms with van der Waals surface area (Å²) in [5.41, 5.74) is 0.184. The minimum absolute atomic E-state index is 0.184. The largest absolute Gasteiger partial charge is 0.573 e. The van der Waals surface area contributed by atoms with Crippen LogP contribution in [0.2, 0.25) is 0 Å². The molecule has 0 spiro atoms. The molecule has 4 nitrogen and oxygen atoms in total. The van der Waals surface area contributed by atoms with Crippen molar-refractivity contribution in [3.8, 4) is 5.75 Å². The van der Waals surface area contributed by atoms with E-state index < -0.39 is 6.36 Å². The third-order valence-corrected chi connectivity index (χ3v) is 5.82. The van der Waals surface area contributed by atoms with Crippen LogP contribution in [0.3, 0.4) is 0 Å². The van der Waals surface area contributed by atoms with Gasteiger partial charge < -0.3 is 10.1 Å². The molecular weight excluding hydrogens is 333 g/mol. The van der Waals surface area contributed by atoms with Gasteiger partial charge in [-0.3, -0.25) is 9.69 Å². The van der Waals surface area contributed by atoms with E-state index in [0.29, 0.717) is 24.3 Å². The second-order valence-electron chi connectivity index (χ2n) is 7.32. The highest BCUT2D eigenvalue weighted by Crippen LogP contribution is 2.52. The number of benzene rings is 1. The molecule has 0 radical (unpaired) electrons. The summed E-state index contributed by atoms with van der Waals surface area (Å²) < 4.78 is 40.6. The van der Waals surface area contributed by atoms with Crippen molar-refractivity contribution in [2.75, 3.05) is 19.6 Å². The fourth-order valence-corrected chi connectivity index (χ4v) is 4.18. The Hall–Kier alpha value is -1.76. The zero-order valence-corrected chi connectivity index (χ0v) is 13.8. The molecule has 3 fully saturated rings. The van der Waals surface area contributed by atoms with Crippen molar-refractivity contribution in [2.24, 2.45) is 17.8 Å². The number of fused-ring (bicyclic) bond motifs is 1. The van der Waals surface area contributed by atoms with Crippen molar-refractivity contribution < 1.29 is 22.7 Å². The number of carbonyl (C=O) groups is 1. The van der Waals surface area contributed by atoms with E-state index in [2.05, 4.69) is 15.0 Å². The van der Waals surface area contributed by atoms with Gasteiger partial charge in [-0.05, 0) is 48.8 Å². The van der Waals surface area contributed by atoms with Crippen molar-refractivity contribution in [3.63, 3.8) is 0 Å². The minimum atomic E-state index is -4.76. The first-order valence-electron chi connectivity index (χ1n) is 8.79. The normalized spacial score (nSPS) is 29.0. The maximum atomic E-state index is 12.3. The van der Waals surface area contributed by atoms with Gasteiger partial charge in [0.25, 0.3) is 5.91 Å². The lowest BCUT2D eigenvalue weighted by Crippen LogP contribution is -2.41. The topological polar surface area (TPSA) is 41.6 Å². The fourth-order valence-electron chi connectivity index (χ4n) is 4.18. The van der Waals surface area contributed by atoms with Gasteiger partial charge in [-0.15, -0.1) is 13.2 Å². The fraction of sp³-hybridized carbons (Fsp3) is 0.611. The molecule has 2 aliphatic carbocycles. The molecular formula is C18H21F3N2O2. The van der Waals surface area contributed by atoms with Crippen LogP contribution < -0.4 is 10.1 Å². The number of nitrogens with zero attached hydrogens (tertiary/aromatic N) is 1. The molecule has 2 atom stereocenters. The monoisotopic (exact) mass is 354 g/mol. The quantitative estimate of drug-likeness (QED) is 0.884. The molecule has 2 unspecified atom stereocenters. The van der Waals surface area contributed by atoms with E-state index in [-0.39, 0.29) is 17.2 Å². The van der Waals surface area contributed by atoms with Gasteiger partial charge in [0.05, 0.1) is 0 Å². The molecule has 1 N–H and O–H groups in total. The Bertz CT molecular complexity index is 648. The number of ether oxygens (including phenoxy) is 1. The summed E-state index contributed by atoms with van der Waals surface area (Å²) >= 11 is 0. The van der Waals surface area contributed by atoms with Crippen molar-refractivity contribution in [1.82, 2.24) is 10.2 Å². The molecule has 2 saturated carbocycles. The van der Waals surface area contributed by atoms with Gasteiger partial charge in [-0.1, -0.05) is 12.5 Å². The summed E-state index contributed by atoms with van der Waals surface area (Å²) in [6.07, 6.45) is -0.783. The summed E-state index contributed by atoms with van der Waals surface area (Å²) in [4.78, 5) is 14.8. The Morgan fingerprint density at radius 3 is 2.56 bits per heavy atom. The van der Waals surface area contributed by atoms with Gasteiger partial charge in [-0.25, -0.2) is 0 Å². The molecule has 1 aromatic carbocycles. The predicted octanol–water partition coefficient (Wildman–Crippen LogP) is 3.05. The predicted molar refractivity (Wildman–Crippen MR) is 85.1 cm³/mol. The smallest absolute Gasteiger partial charge is 0.406 e. The number of rotatable bonds is 5. The molecule has 1 aromatic rings. The standard InChI is InChI=1S/C18H21F3N2O2/c19-18(20,21)25-13-6-1-3-11(7-13)17(24)22-8-14-15-9-23(10-16(14)15)12-4-2-5-12/h1,3,6-7,12,14-16H,2,4-5,8-10H2,(H,22,24). The highest BCUT2D eigenvalue weighted by molar-refractivity contribution is 5.94. The summed E-state index contributed by atoms with van der Waals surface area (Å²) in [7, 11) is 0. The van der Waals surface area contributed by atoms with E-state index >= 15 is 0 Å². The van der Waals surface area contributed by atoms with E-state index in [1.54, 1.807) is 0 Å². The average Bonchev–Trinajstić information content (AvgIpc) is 2.93. The number of hydrogen-bond donors (Lipinski definition) is 1. The Morgan fingerprint density at radius 1 is 1.24 bits per heavy atom. The first kappa shape index (κ1) is 16.7. The molecule has 1 heterocycles. The Balaban J connectivity index is 1.26. The van der Waals surface area contributed by atoms with Crippen LogP contribution in [0.5, 0.6) is 5.75 Å². The van der Waals surface area contributed by atoms with Gasteiger partial charge in [0.2, 0.25) is 0 Å². The van der Waals surface area contributed by atoms with Gasteiger partial charge in [0.1, 0.15) is 5.75 Å². The van der Waals surface area contributed by atoms with E-state index in [4.69, 9.17) is 0 Å². The molecule has 0 bridgehead atoms. The van der Waals surface area contributed by atoms with Crippen LogP contribution >= 0.6 is 0 Å². The molecule has 25 heavy (non-hydrogen) atoms. The van der Waals surface area contributed by atoms with Crippen LogP contribution in [-0.4, -0.2) is 42.8 Å². The molecule has 7 heteroatoms. The Labute approximate surface area is 144 Å². The van der Waals surface area contributed by atoms with Gasteiger partial charge in [-0.2, -0.15) is 0 Å². The zero-order valence-electron chi connectivity index (χ0n) is 13.8. The number of carbonyl (C=O) groups excluding carboxylic acids is 1. The first-order chi connectivity index (χ1) is 11.9. The van der Waals surface area contributed by atoms with Crippen LogP contribution in [0.4, 0.5) is 13.2 Å². The molecule has 4 rings (SSSR count). The third kappa shape index (κ3) is 3.61. The van der Waals surface area contributed by atoms with Crippen molar-refractivity contribution in [2.45, 2.75) is 31.7 Å². The van der Waals surface area contributed by atoms with E-state index in [1.807, 2.05) is 0 Å². The number of piperidine rings is 1. The van der Waals surface area contributed by atoms with E-state index in [1.165, 1.54) is 37.5 Å². The molecule has 0 aromatic heterocycles. The maximum Gasteiger partial charge on any atom is 0.573 e. The number of alkyl halides is 3. The summed E-state index contributed by atoms with van der Waals surface area (Å²) in [6, 6.07) is 5.96.